The van der Waals surface area contributed by atoms with E-state index in [2.05, 4.69) is 11.1 Å². The lowest BCUT2D eigenvalue weighted by Gasteiger charge is -2.22. The topological polar surface area (TPSA) is 41.9 Å². The minimum atomic E-state index is -0.0166. The number of aryl methyl sites for hydroxylation is 1. The van der Waals surface area contributed by atoms with Crippen molar-refractivity contribution in [2.24, 2.45) is 4.99 Å². The molecule has 24 heavy (non-hydrogen) atoms. The number of nitrogens with zero attached hydrogens (tertiary/aromatic N) is 2. The van der Waals surface area contributed by atoms with Gasteiger partial charge in [0.25, 0.3) is 5.91 Å². The van der Waals surface area contributed by atoms with E-state index in [-0.39, 0.29) is 18.1 Å². The fraction of sp³-hybridized carbons (Fsp3) is 0.300. The molecule has 0 spiro atoms. The van der Waals surface area contributed by atoms with Gasteiger partial charge in [-0.15, -0.1) is 0 Å². The molecule has 0 radical (unpaired) electrons. The lowest BCUT2D eigenvalue weighted by Crippen LogP contribution is -2.37. The lowest BCUT2D eigenvalue weighted by molar-refractivity contribution is 0.0987. The summed E-state index contributed by atoms with van der Waals surface area (Å²) in [6.45, 7) is 5.95. The Kier molecular flexibility index (Phi) is 3.41. The molecule has 1 unspecified atom stereocenters. The Morgan fingerprint density at radius 2 is 2.04 bits per heavy atom. The van der Waals surface area contributed by atoms with Gasteiger partial charge in [-0.2, -0.15) is 0 Å². The van der Waals surface area contributed by atoms with Crippen LogP contribution in [-0.4, -0.2) is 24.3 Å². The van der Waals surface area contributed by atoms with Gasteiger partial charge in [-0.05, 0) is 44.0 Å². The lowest BCUT2D eigenvalue weighted by atomic mass is 10.1. The molecular weight excluding hydrogens is 300 g/mol. The Morgan fingerprint density at radius 3 is 2.83 bits per heavy atom. The molecule has 0 N–H and O–H groups in total. The average molecular weight is 320 g/mol. The molecule has 4 heteroatoms. The average Bonchev–Trinajstić information content (AvgIpc) is 2.86. The predicted molar refractivity (Wildman–Crippen MR) is 95.8 cm³/mol. The Hall–Kier alpha value is -2.62. The first-order valence-corrected chi connectivity index (χ1v) is 8.31. The van der Waals surface area contributed by atoms with Crippen LogP contribution in [0.5, 0.6) is 5.75 Å². The molecule has 4 nitrogen and oxygen atoms in total. The maximum Gasteiger partial charge on any atom is 0.261 e. The third-order valence-electron chi connectivity index (χ3n) is 4.50. The summed E-state index contributed by atoms with van der Waals surface area (Å²) in [6, 6.07) is 11.8. The molecule has 0 fully saturated rings. The smallest absolute Gasteiger partial charge is 0.261 e. The van der Waals surface area contributed by atoms with Gasteiger partial charge in [0.2, 0.25) is 0 Å². The highest BCUT2D eigenvalue weighted by atomic mass is 16.5. The van der Waals surface area contributed by atoms with E-state index < -0.39 is 0 Å². The van der Waals surface area contributed by atoms with Crippen LogP contribution in [0.15, 0.2) is 41.4 Å². The van der Waals surface area contributed by atoms with E-state index in [9.17, 15) is 4.79 Å². The number of fused-ring (bicyclic) bond motifs is 4. The summed E-state index contributed by atoms with van der Waals surface area (Å²) >= 11 is 0. The zero-order valence-electron chi connectivity index (χ0n) is 14.1. The van der Waals surface area contributed by atoms with Crippen LogP contribution in [0.3, 0.4) is 0 Å². The van der Waals surface area contributed by atoms with Gasteiger partial charge in [-0.3, -0.25) is 14.7 Å². The maximum absolute atomic E-state index is 13.2. The van der Waals surface area contributed by atoms with Crippen LogP contribution < -0.4 is 9.64 Å². The van der Waals surface area contributed by atoms with E-state index in [4.69, 9.17) is 4.74 Å². The summed E-state index contributed by atoms with van der Waals surface area (Å²) in [6.07, 6.45) is 2.79. The molecule has 0 aromatic heterocycles. The van der Waals surface area contributed by atoms with Crippen molar-refractivity contribution < 1.29 is 9.53 Å². The van der Waals surface area contributed by atoms with Gasteiger partial charge in [0, 0.05) is 24.4 Å². The number of carbonyl (C=O) groups excluding carboxylic acids is 1. The molecule has 1 atom stereocenters. The van der Waals surface area contributed by atoms with Gasteiger partial charge in [-0.25, -0.2) is 0 Å². The van der Waals surface area contributed by atoms with Crippen LogP contribution in [0, 0.1) is 6.92 Å². The first-order chi connectivity index (χ1) is 11.5. The first-order valence-electron chi connectivity index (χ1n) is 8.31. The highest BCUT2D eigenvalue weighted by Crippen LogP contribution is 2.38. The summed E-state index contributed by atoms with van der Waals surface area (Å²) in [7, 11) is 0. The predicted octanol–water partition coefficient (Wildman–Crippen LogP) is 4.07. The summed E-state index contributed by atoms with van der Waals surface area (Å²) in [5, 5.41) is 0. The normalized spacial score (nSPS) is 18.2. The van der Waals surface area contributed by atoms with E-state index in [1.807, 2.05) is 62.2 Å². The number of anilines is 1. The Bertz CT molecular complexity index is 855. The molecule has 2 aromatic rings. The molecule has 2 aromatic carbocycles. The van der Waals surface area contributed by atoms with Gasteiger partial charge in [0.05, 0.1) is 23.4 Å². The van der Waals surface area contributed by atoms with Crippen molar-refractivity contribution in [3.63, 3.8) is 0 Å². The zero-order chi connectivity index (χ0) is 16.8. The van der Waals surface area contributed by atoms with Crippen LogP contribution in [0.2, 0.25) is 0 Å². The van der Waals surface area contributed by atoms with E-state index in [1.165, 1.54) is 5.56 Å². The number of ether oxygens (including phenoxy) is 1. The van der Waals surface area contributed by atoms with Gasteiger partial charge in [0.15, 0.2) is 0 Å². The second kappa shape index (κ2) is 5.48. The van der Waals surface area contributed by atoms with Gasteiger partial charge in [0.1, 0.15) is 5.75 Å². The van der Waals surface area contributed by atoms with Gasteiger partial charge < -0.3 is 4.74 Å². The van der Waals surface area contributed by atoms with E-state index in [0.29, 0.717) is 11.3 Å². The number of hydrogen-bond acceptors (Lipinski definition) is 3. The summed E-state index contributed by atoms with van der Waals surface area (Å²) in [4.78, 5) is 19.6. The van der Waals surface area contributed by atoms with Crippen molar-refractivity contribution >= 4 is 23.5 Å². The van der Waals surface area contributed by atoms with Gasteiger partial charge >= 0.3 is 0 Å². The summed E-state index contributed by atoms with van der Waals surface area (Å²) in [5.41, 5.74) is 4.47. The molecule has 4 rings (SSSR count). The first kappa shape index (κ1) is 14.9. The fourth-order valence-electron chi connectivity index (χ4n) is 3.43. The van der Waals surface area contributed by atoms with Crippen LogP contribution in [0.1, 0.15) is 35.3 Å². The number of rotatable bonds is 2. The monoisotopic (exact) mass is 320 g/mol. The molecule has 0 saturated carbocycles. The number of benzene rings is 2. The number of aliphatic imine (C=N–C) groups is 1. The van der Waals surface area contributed by atoms with Crippen LogP contribution >= 0.6 is 0 Å². The molecule has 2 aliphatic heterocycles. The van der Waals surface area contributed by atoms with E-state index >= 15 is 0 Å². The third-order valence-corrected chi connectivity index (χ3v) is 4.50. The Labute approximate surface area is 141 Å². The third kappa shape index (κ3) is 2.30. The second-order valence-corrected chi connectivity index (χ2v) is 6.65. The molecule has 0 bridgehead atoms. The number of amides is 1. The minimum Gasteiger partial charge on any atom is -0.491 e. The Morgan fingerprint density at radius 1 is 1.25 bits per heavy atom. The van der Waals surface area contributed by atoms with Crippen molar-refractivity contribution in [3.05, 3.63) is 53.1 Å². The number of hydrogen-bond donors (Lipinski definition) is 0. The quantitative estimate of drug-likeness (QED) is 0.837. The van der Waals surface area contributed by atoms with E-state index in [0.717, 1.165) is 23.4 Å². The van der Waals surface area contributed by atoms with Crippen molar-refractivity contribution in [1.82, 2.24) is 0 Å². The highest BCUT2D eigenvalue weighted by molar-refractivity contribution is 6.14. The fourth-order valence-corrected chi connectivity index (χ4v) is 3.43. The van der Waals surface area contributed by atoms with Crippen LogP contribution in [0.25, 0.3) is 0 Å². The standard InChI is InChI=1S/C20H20N2O2/c1-12(2)24-19-10-17-16(8-13(19)3)20(23)22-15(11-21-17)9-14-6-4-5-7-18(14)22/h4-8,10-12,15H,9H2,1-3H3. The summed E-state index contributed by atoms with van der Waals surface area (Å²) < 4.78 is 5.84. The maximum atomic E-state index is 13.2. The zero-order valence-corrected chi connectivity index (χ0v) is 14.1. The van der Waals surface area contributed by atoms with Crippen molar-refractivity contribution in [1.29, 1.82) is 0 Å². The molecule has 1 amide bonds. The Balaban J connectivity index is 1.80. The SMILES string of the molecule is Cc1cc2c(cc1OC(C)C)N=CC1Cc3ccccc3N1C2=O. The second-order valence-electron chi connectivity index (χ2n) is 6.65. The molecule has 0 aliphatic carbocycles. The van der Waals surface area contributed by atoms with Crippen LogP contribution in [-0.2, 0) is 6.42 Å². The molecule has 0 saturated heterocycles. The molecule has 2 heterocycles. The largest absolute Gasteiger partial charge is 0.491 e. The molecule has 2 aliphatic rings. The van der Waals surface area contributed by atoms with Crippen LogP contribution in [0.4, 0.5) is 11.4 Å². The minimum absolute atomic E-state index is 0.0108. The summed E-state index contributed by atoms with van der Waals surface area (Å²) in [5.74, 6) is 0.799. The van der Waals surface area contributed by atoms with E-state index in [1.54, 1.807) is 0 Å². The number of para-hydroxylation sites is 1. The van der Waals surface area contributed by atoms with Gasteiger partial charge in [-0.1, -0.05) is 18.2 Å². The highest BCUT2D eigenvalue weighted by Gasteiger charge is 2.36. The molecular formula is C20H20N2O2. The van der Waals surface area contributed by atoms with Crippen molar-refractivity contribution in [2.45, 2.75) is 39.3 Å². The number of carbonyl (C=O) groups is 1. The molecule has 122 valence electrons. The van der Waals surface area contributed by atoms with Crippen molar-refractivity contribution in [3.8, 4) is 5.75 Å². The van der Waals surface area contributed by atoms with Crippen molar-refractivity contribution in [2.75, 3.05) is 4.90 Å².